The predicted molar refractivity (Wildman–Crippen MR) is 81.0 cm³/mol. The lowest BCUT2D eigenvalue weighted by molar-refractivity contribution is 0.414. The summed E-state index contributed by atoms with van der Waals surface area (Å²) in [5, 5.41) is 0.501. The maximum absolute atomic E-state index is 12.2. The number of ether oxygens (including phenoxy) is 2. The molecule has 3 rings (SSSR count). The Labute approximate surface area is 121 Å². The van der Waals surface area contributed by atoms with E-state index >= 15 is 0 Å². The quantitative estimate of drug-likeness (QED) is 0.738. The summed E-state index contributed by atoms with van der Waals surface area (Å²) in [6.07, 6.45) is 0. The van der Waals surface area contributed by atoms with Gasteiger partial charge in [-0.2, -0.15) is 0 Å². The molecule has 1 heterocycles. The van der Waals surface area contributed by atoms with Crippen LogP contribution in [0, 0.1) is 0 Å². The molecular formula is C17H14O4. The molecule has 4 heteroatoms. The third-order valence-electron chi connectivity index (χ3n) is 3.29. The van der Waals surface area contributed by atoms with Crippen molar-refractivity contribution in [2.45, 2.75) is 0 Å². The van der Waals surface area contributed by atoms with Crippen LogP contribution >= 0.6 is 0 Å². The molecule has 0 amide bonds. The molecule has 21 heavy (non-hydrogen) atoms. The van der Waals surface area contributed by atoms with Crippen molar-refractivity contribution < 1.29 is 13.9 Å². The van der Waals surface area contributed by atoms with Crippen LogP contribution in [0.4, 0.5) is 0 Å². The van der Waals surface area contributed by atoms with Crippen LogP contribution in [0.2, 0.25) is 0 Å². The van der Waals surface area contributed by atoms with Crippen molar-refractivity contribution in [3.8, 4) is 22.8 Å². The zero-order valence-corrected chi connectivity index (χ0v) is 11.8. The molecule has 1 aromatic heterocycles. The summed E-state index contributed by atoms with van der Waals surface area (Å²) in [4.78, 5) is 12.2. The second kappa shape index (κ2) is 5.32. The van der Waals surface area contributed by atoms with Crippen LogP contribution in [0.1, 0.15) is 0 Å². The van der Waals surface area contributed by atoms with Gasteiger partial charge in [-0.25, -0.2) is 0 Å². The zero-order valence-electron chi connectivity index (χ0n) is 11.8. The highest BCUT2D eigenvalue weighted by Crippen LogP contribution is 2.26. The number of hydrogen-bond acceptors (Lipinski definition) is 4. The predicted octanol–water partition coefficient (Wildman–Crippen LogP) is 3.48. The molecule has 0 fully saturated rings. The van der Waals surface area contributed by atoms with Crippen LogP contribution < -0.4 is 14.9 Å². The molecule has 0 radical (unpaired) electrons. The Morgan fingerprint density at radius 2 is 1.67 bits per heavy atom. The smallest absolute Gasteiger partial charge is 0.193 e. The number of benzene rings is 2. The van der Waals surface area contributed by atoms with E-state index in [9.17, 15) is 4.79 Å². The second-order valence-corrected chi connectivity index (χ2v) is 4.57. The molecule has 4 nitrogen and oxygen atoms in total. The Morgan fingerprint density at radius 1 is 0.905 bits per heavy atom. The topological polar surface area (TPSA) is 48.7 Å². The van der Waals surface area contributed by atoms with E-state index in [1.54, 1.807) is 32.4 Å². The summed E-state index contributed by atoms with van der Waals surface area (Å²) < 4.78 is 16.1. The Hall–Kier alpha value is -2.75. The van der Waals surface area contributed by atoms with E-state index in [4.69, 9.17) is 13.9 Å². The van der Waals surface area contributed by atoms with Crippen molar-refractivity contribution in [3.63, 3.8) is 0 Å². The van der Waals surface area contributed by atoms with Crippen molar-refractivity contribution in [3.05, 3.63) is 58.8 Å². The van der Waals surface area contributed by atoms with Gasteiger partial charge in [0, 0.05) is 11.6 Å². The maximum Gasteiger partial charge on any atom is 0.193 e. The fourth-order valence-corrected chi connectivity index (χ4v) is 2.18. The molecule has 106 valence electrons. The van der Waals surface area contributed by atoms with Gasteiger partial charge in [-0.1, -0.05) is 12.1 Å². The summed E-state index contributed by atoms with van der Waals surface area (Å²) in [6.45, 7) is 0. The van der Waals surface area contributed by atoms with Gasteiger partial charge in [0.15, 0.2) is 5.43 Å². The number of methoxy groups -OCH3 is 2. The summed E-state index contributed by atoms with van der Waals surface area (Å²) in [5.41, 5.74) is 1.22. The largest absolute Gasteiger partial charge is 0.497 e. The zero-order chi connectivity index (χ0) is 14.8. The van der Waals surface area contributed by atoms with E-state index in [1.165, 1.54) is 6.07 Å². The van der Waals surface area contributed by atoms with Crippen LogP contribution in [-0.2, 0) is 0 Å². The van der Waals surface area contributed by atoms with Gasteiger partial charge in [0.05, 0.1) is 19.6 Å². The molecule has 0 aliphatic carbocycles. The van der Waals surface area contributed by atoms with Gasteiger partial charge in [0.1, 0.15) is 22.8 Å². The van der Waals surface area contributed by atoms with Crippen LogP contribution in [0.5, 0.6) is 11.5 Å². The minimum absolute atomic E-state index is 0.104. The Bertz CT molecular complexity index is 849. The van der Waals surface area contributed by atoms with Gasteiger partial charge in [-0.15, -0.1) is 0 Å². The third-order valence-corrected chi connectivity index (χ3v) is 3.29. The normalized spacial score (nSPS) is 10.6. The SMILES string of the molecule is COc1cccc(-c2cc(=O)c3cc(OC)ccc3o2)c1. The standard InChI is InChI=1S/C17H14O4/c1-19-12-5-3-4-11(8-12)17-10-15(18)14-9-13(20-2)6-7-16(14)21-17/h3-10H,1-2H3. The lowest BCUT2D eigenvalue weighted by atomic mass is 10.1. The van der Waals surface area contributed by atoms with Crippen molar-refractivity contribution in [1.82, 2.24) is 0 Å². The first-order chi connectivity index (χ1) is 10.2. The monoisotopic (exact) mass is 282 g/mol. The molecule has 0 aliphatic heterocycles. The van der Waals surface area contributed by atoms with Gasteiger partial charge in [0.25, 0.3) is 0 Å². The minimum atomic E-state index is -0.104. The van der Waals surface area contributed by atoms with Crippen molar-refractivity contribution in [2.75, 3.05) is 14.2 Å². The van der Waals surface area contributed by atoms with Gasteiger partial charge in [-0.05, 0) is 30.3 Å². The van der Waals surface area contributed by atoms with Crippen LogP contribution in [0.15, 0.2) is 57.7 Å². The van der Waals surface area contributed by atoms with E-state index in [0.29, 0.717) is 28.2 Å². The maximum atomic E-state index is 12.2. The minimum Gasteiger partial charge on any atom is -0.497 e. The molecule has 0 bridgehead atoms. The van der Waals surface area contributed by atoms with Crippen LogP contribution in [0.3, 0.4) is 0 Å². The highest BCUT2D eigenvalue weighted by molar-refractivity contribution is 5.80. The van der Waals surface area contributed by atoms with E-state index in [-0.39, 0.29) is 5.43 Å². The molecular weight excluding hydrogens is 268 g/mol. The Balaban J connectivity index is 2.18. The fraction of sp³-hybridized carbons (Fsp3) is 0.118. The molecule has 0 unspecified atom stereocenters. The lowest BCUT2D eigenvalue weighted by Crippen LogP contribution is -2.00. The molecule has 0 atom stereocenters. The molecule has 0 aliphatic rings. The highest BCUT2D eigenvalue weighted by Gasteiger charge is 2.08. The molecule has 0 saturated carbocycles. The Kier molecular flexibility index (Phi) is 3.36. The van der Waals surface area contributed by atoms with E-state index in [1.807, 2.05) is 24.3 Å². The Morgan fingerprint density at radius 3 is 2.43 bits per heavy atom. The van der Waals surface area contributed by atoms with Gasteiger partial charge < -0.3 is 13.9 Å². The van der Waals surface area contributed by atoms with Crippen molar-refractivity contribution in [2.24, 2.45) is 0 Å². The van der Waals surface area contributed by atoms with Gasteiger partial charge in [-0.3, -0.25) is 4.79 Å². The second-order valence-electron chi connectivity index (χ2n) is 4.57. The first-order valence-corrected chi connectivity index (χ1v) is 6.47. The third kappa shape index (κ3) is 2.48. The molecule has 3 aromatic rings. The first kappa shape index (κ1) is 13.2. The average molecular weight is 282 g/mol. The van der Waals surface area contributed by atoms with E-state index in [0.717, 1.165) is 5.56 Å². The average Bonchev–Trinajstić information content (AvgIpc) is 2.54. The van der Waals surface area contributed by atoms with Crippen molar-refractivity contribution in [1.29, 1.82) is 0 Å². The molecule has 0 spiro atoms. The summed E-state index contributed by atoms with van der Waals surface area (Å²) >= 11 is 0. The molecule has 0 saturated heterocycles. The first-order valence-electron chi connectivity index (χ1n) is 6.47. The highest BCUT2D eigenvalue weighted by atomic mass is 16.5. The lowest BCUT2D eigenvalue weighted by Gasteiger charge is -2.06. The van der Waals surface area contributed by atoms with E-state index in [2.05, 4.69) is 0 Å². The fourth-order valence-electron chi connectivity index (χ4n) is 2.18. The molecule has 2 aromatic carbocycles. The summed E-state index contributed by atoms with van der Waals surface area (Å²) in [7, 11) is 3.16. The van der Waals surface area contributed by atoms with Gasteiger partial charge >= 0.3 is 0 Å². The van der Waals surface area contributed by atoms with Crippen LogP contribution in [-0.4, -0.2) is 14.2 Å². The van der Waals surface area contributed by atoms with Gasteiger partial charge in [0.2, 0.25) is 0 Å². The summed E-state index contributed by atoms with van der Waals surface area (Å²) in [5.74, 6) is 1.85. The molecule has 0 N–H and O–H groups in total. The van der Waals surface area contributed by atoms with E-state index < -0.39 is 0 Å². The van der Waals surface area contributed by atoms with Crippen LogP contribution in [0.25, 0.3) is 22.3 Å². The number of fused-ring (bicyclic) bond motifs is 1. The number of rotatable bonds is 3. The summed E-state index contributed by atoms with van der Waals surface area (Å²) in [6, 6.07) is 14.1. The van der Waals surface area contributed by atoms with Crippen molar-refractivity contribution >= 4 is 11.0 Å². The number of hydrogen-bond donors (Lipinski definition) is 0.